The van der Waals surface area contributed by atoms with Crippen LogP contribution < -0.4 is 14.8 Å². The predicted octanol–water partition coefficient (Wildman–Crippen LogP) is 3.19. The van der Waals surface area contributed by atoms with Crippen LogP contribution in [0.3, 0.4) is 0 Å². The number of benzene rings is 1. The Balaban J connectivity index is 1.65. The number of thiophene rings is 1. The van der Waals surface area contributed by atoms with Crippen molar-refractivity contribution < 1.29 is 24.1 Å². The maximum Gasteiger partial charge on any atom is 0.272 e. The van der Waals surface area contributed by atoms with Gasteiger partial charge in [-0.1, -0.05) is 13.8 Å². The molecule has 1 aromatic carbocycles. The van der Waals surface area contributed by atoms with E-state index in [-0.39, 0.29) is 32.3 Å². The van der Waals surface area contributed by atoms with Gasteiger partial charge in [-0.2, -0.15) is 16.4 Å². The average molecular weight is 470 g/mol. The summed E-state index contributed by atoms with van der Waals surface area (Å²) in [6.07, 6.45) is 0.852. The van der Waals surface area contributed by atoms with Gasteiger partial charge in [-0.05, 0) is 35.4 Å². The summed E-state index contributed by atoms with van der Waals surface area (Å²) >= 11 is 1.57. The van der Waals surface area contributed by atoms with E-state index in [0.29, 0.717) is 17.4 Å². The van der Waals surface area contributed by atoms with Gasteiger partial charge in [0, 0.05) is 22.6 Å². The maximum absolute atomic E-state index is 13.3. The van der Waals surface area contributed by atoms with Crippen molar-refractivity contribution in [1.29, 1.82) is 0 Å². The Hall–Kier alpha value is -2.88. The van der Waals surface area contributed by atoms with Crippen molar-refractivity contribution in [1.82, 2.24) is 15.1 Å². The zero-order chi connectivity index (χ0) is 23.2. The fourth-order valence-electron chi connectivity index (χ4n) is 4.31. The van der Waals surface area contributed by atoms with Gasteiger partial charge in [0.05, 0.1) is 38.3 Å². The molecular weight excluding hydrogens is 442 g/mol. The fraction of sp³-hybridized carbons (Fsp3) is 0.417. The van der Waals surface area contributed by atoms with E-state index in [1.54, 1.807) is 18.4 Å². The van der Waals surface area contributed by atoms with Gasteiger partial charge in [0.25, 0.3) is 5.91 Å². The van der Waals surface area contributed by atoms with Gasteiger partial charge in [0.2, 0.25) is 0 Å². The van der Waals surface area contributed by atoms with Crippen LogP contribution >= 0.6 is 11.3 Å². The molecule has 33 heavy (non-hydrogen) atoms. The largest absolute Gasteiger partial charge is 0.496 e. The summed E-state index contributed by atoms with van der Waals surface area (Å²) in [5.74, 6) is 1.60. The molecule has 9 heteroatoms. The molecule has 5 rings (SSSR count). The quantitative estimate of drug-likeness (QED) is 0.552. The van der Waals surface area contributed by atoms with Gasteiger partial charge in [0.1, 0.15) is 23.6 Å². The number of carbonyl (C=O) groups excluding carboxylic acids is 1. The van der Waals surface area contributed by atoms with Crippen LogP contribution in [0.1, 0.15) is 35.5 Å². The molecule has 1 saturated heterocycles. The van der Waals surface area contributed by atoms with Gasteiger partial charge in [0.15, 0.2) is 5.69 Å². The molecule has 0 bridgehead atoms. The molecule has 1 amide bonds. The first-order valence-corrected chi connectivity index (χ1v) is 11.9. The number of amides is 1. The van der Waals surface area contributed by atoms with Crippen LogP contribution in [-0.2, 0) is 17.8 Å². The molecule has 0 spiro atoms. The second kappa shape index (κ2) is 8.48. The summed E-state index contributed by atoms with van der Waals surface area (Å²) in [5, 5.41) is 21.4. The second-order valence-electron chi connectivity index (χ2n) is 9.00. The normalized spacial score (nSPS) is 15.9. The highest BCUT2D eigenvalue weighted by atomic mass is 32.1. The number of hydrogen-bond donors (Lipinski definition) is 2. The number of ether oxygens (including phenoxy) is 3. The van der Waals surface area contributed by atoms with Crippen molar-refractivity contribution in [3.8, 4) is 28.4 Å². The summed E-state index contributed by atoms with van der Waals surface area (Å²) < 4.78 is 18.8. The Labute approximate surface area is 196 Å². The lowest BCUT2D eigenvalue weighted by Crippen LogP contribution is -2.64. The molecular formula is C24H27N3O5S. The minimum absolute atomic E-state index is 0.191. The number of aliphatic hydroxyl groups is 1. The lowest BCUT2D eigenvalue weighted by atomic mass is 9.94. The standard InChI is InChI=1S/C24H27N3O5S/c1-14(2)6-15-7-17-20(8-19(15)30-3)32-9-18-21(23(29)25-24(11-28)12-31-13-24)26-27(22(17)18)16-4-5-33-10-16/h4-5,7-8,10,14,28H,6,9,11-13H2,1-3H3,(H,25,29). The van der Waals surface area contributed by atoms with Crippen molar-refractivity contribution >= 4 is 17.2 Å². The van der Waals surface area contributed by atoms with E-state index in [1.807, 2.05) is 27.6 Å². The Morgan fingerprint density at radius 1 is 1.39 bits per heavy atom. The molecule has 8 nitrogen and oxygen atoms in total. The number of fused-ring (bicyclic) bond motifs is 3. The highest BCUT2D eigenvalue weighted by Gasteiger charge is 2.41. The predicted molar refractivity (Wildman–Crippen MR) is 124 cm³/mol. The number of nitrogens with zero attached hydrogens (tertiary/aromatic N) is 2. The smallest absolute Gasteiger partial charge is 0.272 e. The second-order valence-corrected chi connectivity index (χ2v) is 9.78. The van der Waals surface area contributed by atoms with Crippen molar-refractivity contribution in [2.24, 2.45) is 5.92 Å². The van der Waals surface area contributed by atoms with Crippen LogP contribution in [0.15, 0.2) is 29.0 Å². The highest BCUT2D eigenvalue weighted by molar-refractivity contribution is 7.08. The number of aromatic nitrogens is 2. The molecule has 2 aliphatic heterocycles. The van der Waals surface area contributed by atoms with Crippen LogP contribution in [0.5, 0.6) is 11.5 Å². The van der Waals surface area contributed by atoms with Crippen molar-refractivity contribution in [2.75, 3.05) is 26.9 Å². The summed E-state index contributed by atoms with van der Waals surface area (Å²) in [7, 11) is 1.67. The minimum Gasteiger partial charge on any atom is -0.496 e. The third-order valence-corrected chi connectivity index (χ3v) is 6.70. The van der Waals surface area contributed by atoms with Crippen LogP contribution in [0.4, 0.5) is 0 Å². The first-order chi connectivity index (χ1) is 15.9. The third kappa shape index (κ3) is 3.80. The first-order valence-electron chi connectivity index (χ1n) is 10.9. The van der Waals surface area contributed by atoms with E-state index >= 15 is 0 Å². The monoisotopic (exact) mass is 469 g/mol. The Kier molecular flexibility index (Phi) is 5.64. The molecule has 4 heterocycles. The molecule has 3 aromatic rings. The average Bonchev–Trinajstić information content (AvgIpc) is 3.43. The van der Waals surface area contributed by atoms with Crippen LogP contribution in [0, 0.1) is 5.92 Å². The van der Waals surface area contributed by atoms with E-state index in [4.69, 9.17) is 19.3 Å². The van der Waals surface area contributed by atoms with Crippen molar-refractivity contribution in [2.45, 2.75) is 32.4 Å². The van der Waals surface area contributed by atoms with E-state index in [1.165, 1.54) is 0 Å². The highest BCUT2D eigenvalue weighted by Crippen LogP contribution is 2.44. The summed E-state index contributed by atoms with van der Waals surface area (Å²) in [4.78, 5) is 13.3. The summed E-state index contributed by atoms with van der Waals surface area (Å²) in [6.45, 7) is 4.91. The zero-order valence-electron chi connectivity index (χ0n) is 18.9. The Morgan fingerprint density at radius 2 is 2.21 bits per heavy atom. The molecule has 0 unspecified atom stereocenters. The molecule has 1 fully saturated rings. The Morgan fingerprint density at radius 3 is 2.82 bits per heavy atom. The molecule has 0 aliphatic carbocycles. The van der Waals surface area contributed by atoms with Crippen molar-refractivity contribution in [3.05, 3.63) is 45.8 Å². The lowest BCUT2D eigenvalue weighted by molar-refractivity contribution is -0.0920. The molecule has 0 radical (unpaired) electrons. The molecule has 2 N–H and O–H groups in total. The van der Waals surface area contributed by atoms with Crippen molar-refractivity contribution in [3.63, 3.8) is 0 Å². The summed E-state index contributed by atoms with van der Waals surface area (Å²) in [6, 6.07) is 5.99. The number of nitrogens with one attached hydrogen (secondary N) is 1. The van der Waals surface area contributed by atoms with Gasteiger partial charge in [-0.15, -0.1) is 0 Å². The first kappa shape index (κ1) is 21.9. The van der Waals surface area contributed by atoms with Crippen LogP contribution in [-0.4, -0.2) is 53.3 Å². The van der Waals surface area contributed by atoms with Crippen LogP contribution in [0.2, 0.25) is 0 Å². The van der Waals surface area contributed by atoms with E-state index in [2.05, 4.69) is 25.2 Å². The fourth-order valence-corrected chi connectivity index (χ4v) is 4.93. The van der Waals surface area contributed by atoms with Gasteiger partial charge in [-0.3, -0.25) is 4.79 Å². The molecule has 174 valence electrons. The molecule has 2 aromatic heterocycles. The number of methoxy groups -OCH3 is 1. The number of hydrogen-bond acceptors (Lipinski definition) is 7. The third-order valence-electron chi connectivity index (χ3n) is 6.03. The number of carbonyl (C=O) groups is 1. The van der Waals surface area contributed by atoms with Gasteiger partial charge >= 0.3 is 0 Å². The summed E-state index contributed by atoms with van der Waals surface area (Å²) in [5.41, 5.74) is 3.94. The van der Waals surface area contributed by atoms with Crippen LogP contribution in [0.25, 0.3) is 16.9 Å². The minimum atomic E-state index is -0.763. The molecule has 2 aliphatic rings. The number of rotatable bonds is 7. The van der Waals surface area contributed by atoms with E-state index in [9.17, 15) is 9.90 Å². The molecule has 0 atom stereocenters. The van der Waals surface area contributed by atoms with E-state index < -0.39 is 5.54 Å². The SMILES string of the molecule is COc1cc2c(cc1CC(C)C)-c1c(c(C(=O)NC3(CO)COC3)nn1-c1ccsc1)CO2. The van der Waals surface area contributed by atoms with Gasteiger partial charge in [-0.25, -0.2) is 4.68 Å². The zero-order valence-corrected chi connectivity index (χ0v) is 19.7. The van der Waals surface area contributed by atoms with Gasteiger partial charge < -0.3 is 24.6 Å². The maximum atomic E-state index is 13.3. The molecule has 0 saturated carbocycles. The Bertz CT molecular complexity index is 1180. The van der Waals surface area contributed by atoms with E-state index in [0.717, 1.165) is 40.2 Å². The topological polar surface area (TPSA) is 94.8 Å². The number of aliphatic hydroxyl groups excluding tert-OH is 1. The lowest BCUT2D eigenvalue weighted by Gasteiger charge is -2.40.